The molecule has 2 atom stereocenters. The summed E-state index contributed by atoms with van der Waals surface area (Å²) in [5, 5.41) is 7.70. The van der Waals surface area contributed by atoms with Gasteiger partial charge < -0.3 is 9.84 Å². The van der Waals surface area contributed by atoms with E-state index in [1.54, 1.807) is 0 Å². The lowest BCUT2D eigenvalue weighted by molar-refractivity contribution is 0.298. The van der Waals surface area contributed by atoms with Crippen LogP contribution in [0.4, 0.5) is 0 Å². The second-order valence-electron chi connectivity index (χ2n) is 5.32. The predicted molar refractivity (Wildman–Crippen MR) is 65.8 cm³/mol. The molecule has 1 N–H and O–H groups in total. The van der Waals surface area contributed by atoms with Gasteiger partial charge in [-0.2, -0.15) is 0 Å². The van der Waals surface area contributed by atoms with Crippen molar-refractivity contribution in [3.8, 4) is 0 Å². The molecule has 0 saturated carbocycles. The molecular formula is C13H21N3O. The van der Waals surface area contributed by atoms with E-state index in [1.165, 1.54) is 37.9 Å². The van der Waals surface area contributed by atoms with Crippen LogP contribution in [0.5, 0.6) is 0 Å². The Kier molecular flexibility index (Phi) is 2.92. The average Bonchev–Trinajstić information content (AvgIpc) is 2.96. The number of nitrogens with one attached hydrogen (secondary N) is 1. The maximum Gasteiger partial charge on any atom is 0.138 e. The van der Waals surface area contributed by atoms with E-state index in [-0.39, 0.29) is 0 Å². The first kappa shape index (κ1) is 11.2. The minimum absolute atomic E-state index is 0.659. The van der Waals surface area contributed by atoms with E-state index in [0.29, 0.717) is 6.04 Å². The molecule has 3 rings (SSSR count). The van der Waals surface area contributed by atoms with Crippen molar-refractivity contribution in [2.75, 3.05) is 13.1 Å². The van der Waals surface area contributed by atoms with Gasteiger partial charge in [-0.3, -0.25) is 4.90 Å². The van der Waals surface area contributed by atoms with E-state index < -0.39 is 0 Å². The molecule has 4 nitrogen and oxygen atoms in total. The third kappa shape index (κ3) is 2.00. The van der Waals surface area contributed by atoms with Gasteiger partial charge in [-0.25, -0.2) is 0 Å². The topological polar surface area (TPSA) is 41.3 Å². The largest absolute Gasteiger partial charge is 0.361 e. The zero-order chi connectivity index (χ0) is 11.8. The SMILES string of the molecule is Cc1noc(C)c1CNC1CCN2CCCC12. The molecule has 0 radical (unpaired) electrons. The molecule has 0 spiro atoms. The van der Waals surface area contributed by atoms with Crippen LogP contribution < -0.4 is 5.32 Å². The van der Waals surface area contributed by atoms with E-state index in [9.17, 15) is 0 Å². The van der Waals surface area contributed by atoms with E-state index in [0.717, 1.165) is 24.0 Å². The van der Waals surface area contributed by atoms with Crippen molar-refractivity contribution in [2.45, 2.75) is 51.7 Å². The van der Waals surface area contributed by atoms with Gasteiger partial charge in [0.25, 0.3) is 0 Å². The molecule has 17 heavy (non-hydrogen) atoms. The van der Waals surface area contributed by atoms with E-state index in [2.05, 4.69) is 15.4 Å². The molecule has 1 aromatic rings. The second-order valence-corrected chi connectivity index (χ2v) is 5.32. The highest BCUT2D eigenvalue weighted by atomic mass is 16.5. The van der Waals surface area contributed by atoms with Crippen molar-refractivity contribution in [1.29, 1.82) is 0 Å². The first-order chi connectivity index (χ1) is 8.25. The fraction of sp³-hybridized carbons (Fsp3) is 0.769. The van der Waals surface area contributed by atoms with Crippen LogP contribution in [-0.2, 0) is 6.54 Å². The molecule has 4 heteroatoms. The summed E-state index contributed by atoms with van der Waals surface area (Å²) in [6.45, 7) is 7.48. The van der Waals surface area contributed by atoms with Gasteiger partial charge in [0.05, 0.1) is 5.69 Å². The Morgan fingerprint density at radius 2 is 2.24 bits per heavy atom. The molecule has 2 fully saturated rings. The number of nitrogens with zero attached hydrogens (tertiary/aromatic N) is 2. The zero-order valence-electron chi connectivity index (χ0n) is 10.7. The van der Waals surface area contributed by atoms with Gasteiger partial charge >= 0.3 is 0 Å². The van der Waals surface area contributed by atoms with Crippen LogP contribution >= 0.6 is 0 Å². The van der Waals surface area contributed by atoms with Crippen LogP contribution in [0.25, 0.3) is 0 Å². The van der Waals surface area contributed by atoms with Crippen molar-refractivity contribution in [1.82, 2.24) is 15.4 Å². The highest BCUT2D eigenvalue weighted by Gasteiger charge is 2.36. The van der Waals surface area contributed by atoms with Gasteiger partial charge in [-0.15, -0.1) is 0 Å². The molecule has 0 bridgehead atoms. The number of aryl methyl sites for hydroxylation is 2. The quantitative estimate of drug-likeness (QED) is 0.864. The van der Waals surface area contributed by atoms with Crippen LogP contribution in [-0.4, -0.2) is 35.2 Å². The minimum Gasteiger partial charge on any atom is -0.361 e. The lowest BCUT2D eigenvalue weighted by atomic mass is 10.1. The minimum atomic E-state index is 0.659. The summed E-state index contributed by atoms with van der Waals surface area (Å²) in [4.78, 5) is 2.63. The Morgan fingerprint density at radius 1 is 1.35 bits per heavy atom. The maximum absolute atomic E-state index is 5.20. The number of fused-ring (bicyclic) bond motifs is 1. The van der Waals surface area contributed by atoms with E-state index >= 15 is 0 Å². The molecule has 0 aliphatic carbocycles. The lowest BCUT2D eigenvalue weighted by Gasteiger charge is -2.21. The summed E-state index contributed by atoms with van der Waals surface area (Å²) in [5.74, 6) is 0.955. The van der Waals surface area contributed by atoms with Gasteiger partial charge in [-0.1, -0.05) is 5.16 Å². The molecule has 3 heterocycles. The average molecular weight is 235 g/mol. The van der Waals surface area contributed by atoms with Gasteiger partial charge in [0.1, 0.15) is 5.76 Å². The molecule has 0 amide bonds. The van der Waals surface area contributed by atoms with Crippen molar-refractivity contribution in [3.05, 3.63) is 17.0 Å². The Hall–Kier alpha value is -0.870. The molecule has 0 aromatic carbocycles. The second kappa shape index (κ2) is 4.42. The monoisotopic (exact) mass is 235 g/mol. The number of hydrogen-bond acceptors (Lipinski definition) is 4. The van der Waals surface area contributed by atoms with Crippen LogP contribution in [0, 0.1) is 13.8 Å². The highest BCUT2D eigenvalue weighted by molar-refractivity contribution is 5.20. The number of aromatic nitrogens is 1. The Morgan fingerprint density at radius 3 is 3.00 bits per heavy atom. The van der Waals surface area contributed by atoms with Gasteiger partial charge in [-0.05, 0) is 39.7 Å². The first-order valence-electron chi connectivity index (χ1n) is 6.65. The summed E-state index contributed by atoms with van der Waals surface area (Å²) < 4.78 is 5.20. The number of rotatable bonds is 3. The predicted octanol–water partition coefficient (Wildman–Crippen LogP) is 1.62. The van der Waals surface area contributed by atoms with Crippen LogP contribution in [0.1, 0.15) is 36.3 Å². The van der Waals surface area contributed by atoms with Crippen molar-refractivity contribution in [3.63, 3.8) is 0 Å². The van der Waals surface area contributed by atoms with Gasteiger partial charge in [0.15, 0.2) is 0 Å². The molecule has 2 saturated heterocycles. The molecule has 2 unspecified atom stereocenters. The summed E-state index contributed by atoms with van der Waals surface area (Å²) in [5.41, 5.74) is 2.26. The standard InChI is InChI=1S/C13H21N3O/c1-9-11(10(2)17-15-9)8-14-12-5-7-16-6-3-4-13(12)16/h12-14H,3-8H2,1-2H3. The smallest absolute Gasteiger partial charge is 0.138 e. The summed E-state index contributed by atoms with van der Waals surface area (Å²) in [6.07, 6.45) is 4.02. The zero-order valence-corrected chi connectivity index (χ0v) is 10.7. The fourth-order valence-corrected chi connectivity index (χ4v) is 3.31. The summed E-state index contributed by atoms with van der Waals surface area (Å²) >= 11 is 0. The first-order valence-corrected chi connectivity index (χ1v) is 6.65. The van der Waals surface area contributed by atoms with Crippen molar-refractivity contribution in [2.24, 2.45) is 0 Å². The lowest BCUT2D eigenvalue weighted by Crippen LogP contribution is -2.38. The molecular weight excluding hydrogens is 214 g/mol. The Bertz CT molecular complexity index is 382. The highest BCUT2D eigenvalue weighted by Crippen LogP contribution is 2.28. The third-order valence-corrected chi connectivity index (χ3v) is 4.33. The van der Waals surface area contributed by atoms with E-state index in [4.69, 9.17) is 4.52 Å². The summed E-state index contributed by atoms with van der Waals surface area (Å²) in [6, 6.07) is 1.43. The Balaban J connectivity index is 1.61. The normalized spacial score (nSPS) is 28.8. The Labute approximate surface area is 102 Å². The van der Waals surface area contributed by atoms with E-state index in [1.807, 2.05) is 13.8 Å². The van der Waals surface area contributed by atoms with Crippen LogP contribution in [0.15, 0.2) is 4.52 Å². The molecule has 2 aliphatic rings. The van der Waals surface area contributed by atoms with Crippen molar-refractivity contribution < 1.29 is 4.52 Å². The van der Waals surface area contributed by atoms with Crippen LogP contribution in [0.3, 0.4) is 0 Å². The summed E-state index contributed by atoms with van der Waals surface area (Å²) in [7, 11) is 0. The molecule has 1 aromatic heterocycles. The third-order valence-electron chi connectivity index (χ3n) is 4.33. The van der Waals surface area contributed by atoms with Gasteiger partial charge in [0, 0.05) is 30.7 Å². The van der Waals surface area contributed by atoms with Crippen LogP contribution in [0.2, 0.25) is 0 Å². The maximum atomic E-state index is 5.20. The molecule has 94 valence electrons. The van der Waals surface area contributed by atoms with Gasteiger partial charge in [0.2, 0.25) is 0 Å². The van der Waals surface area contributed by atoms with Crippen molar-refractivity contribution >= 4 is 0 Å². The fourth-order valence-electron chi connectivity index (χ4n) is 3.31. The molecule has 2 aliphatic heterocycles. The number of hydrogen-bond donors (Lipinski definition) is 1.